The Bertz CT molecular complexity index is 699. The summed E-state index contributed by atoms with van der Waals surface area (Å²) in [5.74, 6) is -0.397. The zero-order valence-electron chi connectivity index (χ0n) is 11.7. The molecule has 0 aliphatic rings. The zero-order valence-corrected chi connectivity index (χ0v) is 11.7. The summed E-state index contributed by atoms with van der Waals surface area (Å²) in [6.07, 6.45) is 3.26. The maximum absolute atomic E-state index is 12.0. The summed E-state index contributed by atoms with van der Waals surface area (Å²) in [5.41, 5.74) is 2.71. The molecule has 0 aliphatic carbocycles. The zero-order chi connectivity index (χ0) is 15.1. The normalized spacial score (nSPS) is 10.8. The van der Waals surface area contributed by atoms with Gasteiger partial charge in [0.1, 0.15) is 11.6 Å². The first kappa shape index (κ1) is 14.5. The molecule has 4 heteroatoms. The van der Waals surface area contributed by atoms with Gasteiger partial charge in [-0.25, -0.2) is 0 Å². The lowest BCUT2D eigenvalue weighted by atomic mass is 10.1. The van der Waals surface area contributed by atoms with Gasteiger partial charge in [0.15, 0.2) is 0 Å². The fourth-order valence-corrected chi connectivity index (χ4v) is 1.82. The number of aryl methyl sites for hydroxylation is 1. The van der Waals surface area contributed by atoms with Crippen LogP contribution >= 0.6 is 0 Å². The van der Waals surface area contributed by atoms with Gasteiger partial charge in [-0.1, -0.05) is 30.3 Å². The van der Waals surface area contributed by atoms with Gasteiger partial charge < -0.3 is 5.32 Å². The summed E-state index contributed by atoms with van der Waals surface area (Å²) in [4.78, 5) is 16.2. The number of amides is 1. The van der Waals surface area contributed by atoms with Gasteiger partial charge in [0.2, 0.25) is 0 Å². The monoisotopic (exact) mass is 277 g/mol. The SMILES string of the molecule is Cc1ccccc1/C=C(\C#N)C(=O)NCc1ccccn1. The smallest absolute Gasteiger partial charge is 0.262 e. The molecule has 0 bridgehead atoms. The fourth-order valence-electron chi connectivity index (χ4n) is 1.82. The second-order valence-electron chi connectivity index (χ2n) is 4.53. The lowest BCUT2D eigenvalue weighted by molar-refractivity contribution is -0.117. The molecule has 2 aromatic rings. The van der Waals surface area contributed by atoms with E-state index in [4.69, 9.17) is 5.26 Å². The third kappa shape index (κ3) is 4.02. The molecule has 0 saturated carbocycles. The van der Waals surface area contributed by atoms with Gasteiger partial charge in [-0.2, -0.15) is 5.26 Å². The number of nitriles is 1. The Morgan fingerprint density at radius 3 is 2.71 bits per heavy atom. The Hall–Kier alpha value is -2.93. The van der Waals surface area contributed by atoms with Crippen molar-refractivity contribution in [3.63, 3.8) is 0 Å². The summed E-state index contributed by atoms with van der Waals surface area (Å²) in [6.45, 7) is 2.24. The van der Waals surface area contributed by atoms with E-state index in [0.29, 0.717) is 6.54 Å². The van der Waals surface area contributed by atoms with Crippen LogP contribution in [0, 0.1) is 18.3 Å². The van der Waals surface area contributed by atoms with Crippen molar-refractivity contribution < 1.29 is 4.79 Å². The Balaban J connectivity index is 2.09. The Morgan fingerprint density at radius 2 is 2.05 bits per heavy atom. The van der Waals surface area contributed by atoms with E-state index >= 15 is 0 Å². The van der Waals surface area contributed by atoms with Crippen LogP contribution in [0.4, 0.5) is 0 Å². The van der Waals surface area contributed by atoms with E-state index in [9.17, 15) is 4.79 Å². The van der Waals surface area contributed by atoms with Gasteiger partial charge in [-0.05, 0) is 36.3 Å². The Labute approximate surface area is 123 Å². The second-order valence-corrected chi connectivity index (χ2v) is 4.53. The molecule has 1 amide bonds. The molecule has 0 atom stereocenters. The highest BCUT2D eigenvalue weighted by Crippen LogP contribution is 2.12. The van der Waals surface area contributed by atoms with Crippen molar-refractivity contribution in [1.82, 2.24) is 10.3 Å². The number of pyridine rings is 1. The van der Waals surface area contributed by atoms with Gasteiger partial charge in [-0.15, -0.1) is 0 Å². The van der Waals surface area contributed by atoms with Gasteiger partial charge in [0, 0.05) is 6.20 Å². The highest BCUT2D eigenvalue weighted by molar-refractivity contribution is 6.01. The number of aromatic nitrogens is 1. The van der Waals surface area contributed by atoms with Crippen LogP contribution in [0.15, 0.2) is 54.2 Å². The summed E-state index contributed by atoms with van der Waals surface area (Å²) in [5, 5.41) is 11.8. The molecule has 4 nitrogen and oxygen atoms in total. The highest BCUT2D eigenvalue weighted by atomic mass is 16.1. The first-order valence-corrected chi connectivity index (χ1v) is 6.56. The van der Waals surface area contributed by atoms with E-state index in [1.807, 2.05) is 55.5 Å². The molecule has 1 aromatic heterocycles. The fraction of sp³-hybridized carbons (Fsp3) is 0.118. The van der Waals surface area contributed by atoms with Crippen molar-refractivity contribution in [3.05, 3.63) is 71.1 Å². The number of nitrogens with zero attached hydrogens (tertiary/aromatic N) is 2. The van der Waals surface area contributed by atoms with Crippen molar-refractivity contribution in [1.29, 1.82) is 5.26 Å². The molecule has 104 valence electrons. The number of hydrogen-bond donors (Lipinski definition) is 1. The summed E-state index contributed by atoms with van der Waals surface area (Å²) in [6, 6.07) is 15.0. The average molecular weight is 277 g/mol. The third-order valence-electron chi connectivity index (χ3n) is 3.01. The van der Waals surface area contributed by atoms with Gasteiger partial charge in [-0.3, -0.25) is 9.78 Å². The number of nitrogens with one attached hydrogen (secondary N) is 1. The van der Waals surface area contributed by atoms with E-state index in [-0.39, 0.29) is 5.57 Å². The van der Waals surface area contributed by atoms with Crippen LogP contribution in [0.1, 0.15) is 16.8 Å². The lowest BCUT2D eigenvalue weighted by Crippen LogP contribution is -2.24. The quantitative estimate of drug-likeness (QED) is 0.690. The molecule has 0 saturated heterocycles. The Kier molecular flexibility index (Phi) is 4.84. The maximum atomic E-state index is 12.0. The molecule has 0 radical (unpaired) electrons. The van der Waals surface area contributed by atoms with Crippen LogP contribution in [0.5, 0.6) is 0 Å². The maximum Gasteiger partial charge on any atom is 0.262 e. The summed E-state index contributed by atoms with van der Waals surface area (Å²) < 4.78 is 0. The van der Waals surface area contributed by atoms with Crippen LogP contribution in [0.3, 0.4) is 0 Å². The van der Waals surface area contributed by atoms with Crippen LogP contribution in [-0.2, 0) is 11.3 Å². The van der Waals surface area contributed by atoms with E-state index in [0.717, 1.165) is 16.8 Å². The van der Waals surface area contributed by atoms with Crippen molar-refractivity contribution >= 4 is 12.0 Å². The molecular weight excluding hydrogens is 262 g/mol. The predicted molar refractivity (Wildman–Crippen MR) is 80.9 cm³/mol. The molecule has 2 rings (SSSR count). The number of rotatable bonds is 4. The Morgan fingerprint density at radius 1 is 1.29 bits per heavy atom. The molecule has 1 aromatic carbocycles. The molecule has 0 spiro atoms. The van der Waals surface area contributed by atoms with Gasteiger partial charge in [0.25, 0.3) is 5.91 Å². The van der Waals surface area contributed by atoms with Gasteiger partial charge >= 0.3 is 0 Å². The largest absolute Gasteiger partial charge is 0.346 e. The predicted octanol–water partition coefficient (Wildman–Crippen LogP) is 2.61. The minimum atomic E-state index is -0.397. The molecule has 1 heterocycles. The average Bonchev–Trinajstić information content (AvgIpc) is 2.53. The molecular formula is C17H15N3O. The number of carbonyl (C=O) groups is 1. The van der Waals surface area contributed by atoms with Crippen molar-refractivity contribution in [2.45, 2.75) is 13.5 Å². The molecule has 1 N–H and O–H groups in total. The first-order valence-electron chi connectivity index (χ1n) is 6.56. The van der Waals surface area contributed by atoms with Crippen LogP contribution in [0.2, 0.25) is 0 Å². The van der Waals surface area contributed by atoms with Crippen LogP contribution in [0.25, 0.3) is 6.08 Å². The minimum Gasteiger partial charge on any atom is -0.346 e. The van der Waals surface area contributed by atoms with Crippen LogP contribution < -0.4 is 5.32 Å². The number of benzene rings is 1. The molecule has 0 fully saturated rings. The van der Waals surface area contributed by atoms with E-state index in [1.54, 1.807) is 12.3 Å². The standard InChI is InChI=1S/C17H15N3O/c1-13-6-2-3-7-14(13)10-15(11-18)17(21)20-12-16-8-4-5-9-19-16/h2-10H,12H2,1H3,(H,20,21)/b15-10+. The lowest BCUT2D eigenvalue weighted by Gasteiger charge is -2.04. The van der Waals surface area contributed by atoms with E-state index in [1.165, 1.54) is 0 Å². The van der Waals surface area contributed by atoms with Crippen LogP contribution in [-0.4, -0.2) is 10.9 Å². The van der Waals surface area contributed by atoms with E-state index < -0.39 is 5.91 Å². The number of hydrogen-bond acceptors (Lipinski definition) is 3. The third-order valence-corrected chi connectivity index (χ3v) is 3.01. The summed E-state index contributed by atoms with van der Waals surface area (Å²) in [7, 11) is 0. The minimum absolute atomic E-state index is 0.0835. The van der Waals surface area contributed by atoms with E-state index in [2.05, 4.69) is 10.3 Å². The summed E-state index contributed by atoms with van der Waals surface area (Å²) >= 11 is 0. The highest BCUT2D eigenvalue weighted by Gasteiger charge is 2.09. The molecule has 0 aliphatic heterocycles. The van der Waals surface area contributed by atoms with Crippen molar-refractivity contribution in [2.75, 3.05) is 0 Å². The first-order chi connectivity index (χ1) is 10.2. The topological polar surface area (TPSA) is 65.8 Å². The number of carbonyl (C=O) groups excluding carboxylic acids is 1. The second kappa shape index (κ2) is 7.01. The van der Waals surface area contributed by atoms with Gasteiger partial charge in [0.05, 0.1) is 12.2 Å². The molecule has 0 unspecified atom stereocenters. The van der Waals surface area contributed by atoms with Crippen molar-refractivity contribution in [2.24, 2.45) is 0 Å². The van der Waals surface area contributed by atoms with Crippen molar-refractivity contribution in [3.8, 4) is 6.07 Å². The molecule has 21 heavy (non-hydrogen) atoms.